The van der Waals surface area contributed by atoms with Crippen LogP contribution in [-0.2, 0) is 6.42 Å². The van der Waals surface area contributed by atoms with Crippen molar-refractivity contribution in [2.45, 2.75) is 46.0 Å². The summed E-state index contributed by atoms with van der Waals surface area (Å²) in [5.74, 6) is 0. The highest BCUT2D eigenvalue weighted by Gasteiger charge is 2.27. The zero-order valence-electron chi connectivity index (χ0n) is 10.1. The number of aliphatic hydroxyl groups is 1. The molecule has 1 unspecified atom stereocenters. The summed E-state index contributed by atoms with van der Waals surface area (Å²) >= 11 is 5.28. The lowest BCUT2D eigenvalue weighted by Gasteiger charge is -2.30. The number of hydrogen-bond donors (Lipinski definition) is 1. The summed E-state index contributed by atoms with van der Waals surface area (Å²) in [6, 6.07) is 4.26. The molecule has 0 aliphatic carbocycles. The van der Waals surface area contributed by atoms with Gasteiger partial charge in [0.05, 0.1) is 3.79 Å². The van der Waals surface area contributed by atoms with Crippen molar-refractivity contribution in [3.8, 4) is 0 Å². The fourth-order valence-corrected chi connectivity index (χ4v) is 3.66. The highest BCUT2D eigenvalue weighted by atomic mass is 79.9. The molecule has 0 aromatic carbocycles. The molecule has 1 heterocycles. The smallest absolute Gasteiger partial charge is 0.0701 e. The van der Waals surface area contributed by atoms with Crippen LogP contribution in [0.5, 0.6) is 0 Å². The minimum absolute atomic E-state index is 0.0975. The van der Waals surface area contributed by atoms with E-state index in [4.69, 9.17) is 0 Å². The highest BCUT2D eigenvalue weighted by molar-refractivity contribution is 9.11. The van der Waals surface area contributed by atoms with E-state index >= 15 is 0 Å². The van der Waals surface area contributed by atoms with E-state index in [1.54, 1.807) is 11.3 Å². The van der Waals surface area contributed by atoms with E-state index < -0.39 is 0 Å². The first-order chi connectivity index (χ1) is 7.65. The van der Waals surface area contributed by atoms with Crippen molar-refractivity contribution in [2.24, 2.45) is 5.41 Å². The van der Waals surface area contributed by atoms with E-state index in [0.717, 1.165) is 19.3 Å². The molecule has 0 spiro atoms. The fraction of sp³-hybridized carbons (Fsp3) is 0.692. The van der Waals surface area contributed by atoms with Gasteiger partial charge in [0.15, 0.2) is 0 Å². The standard InChI is InChI=1S/C13H21BrOS/c1-3-5-8-13(4-2,10-15)9-11-6-7-12(14)16-11/h6-7,15H,3-5,8-10H2,1-2H3. The third kappa shape index (κ3) is 3.86. The summed E-state index contributed by atoms with van der Waals surface area (Å²) in [5.41, 5.74) is 0.0975. The van der Waals surface area contributed by atoms with Gasteiger partial charge in [-0.25, -0.2) is 0 Å². The molecule has 0 amide bonds. The Morgan fingerprint density at radius 2 is 2.12 bits per heavy atom. The molecule has 0 radical (unpaired) electrons. The molecular weight excluding hydrogens is 284 g/mol. The van der Waals surface area contributed by atoms with Gasteiger partial charge >= 0.3 is 0 Å². The van der Waals surface area contributed by atoms with E-state index in [9.17, 15) is 5.11 Å². The van der Waals surface area contributed by atoms with Gasteiger partial charge < -0.3 is 5.11 Å². The van der Waals surface area contributed by atoms with E-state index in [1.165, 1.54) is 21.5 Å². The second kappa shape index (κ2) is 6.77. The minimum Gasteiger partial charge on any atom is -0.396 e. The predicted octanol–water partition coefficient (Wildman–Crippen LogP) is 4.63. The Hall–Kier alpha value is 0.140. The van der Waals surface area contributed by atoms with Gasteiger partial charge in [0.2, 0.25) is 0 Å². The Kier molecular flexibility index (Phi) is 6.01. The molecule has 16 heavy (non-hydrogen) atoms. The van der Waals surface area contributed by atoms with Crippen LogP contribution in [0.1, 0.15) is 44.4 Å². The average Bonchev–Trinajstić information content (AvgIpc) is 2.70. The Morgan fingerprint density at radius 1 is 1.38 bits per heavy atom. The molecule has 92 valence electrons. The molecule has 0 aliphatic rings. The largest absolute Gasteiger partial charge is 0.396 e. The Labute approximate surface area is 111 Å². The van der Waals surface area contributed by atoms with Crippen molar-refractivity contribution in [3.63, 3.8) is 0 Å². The molecule has 1 nitrogen and oxygen atoms in total. The predicted molar refractivity (Wildman–Crippen MR) is 75.1 cm³/mol. The van der Waals surface area contributed by atoms with Gasteiger partial charge in [0.1, 0.15) is 0 Å². The van der Waals surface area contributed by atoms with Gasteiger partial charge in [0, 0.05) is 11.5 Å². The number of rotatable bonds is 7. The van der Waals surface area contributed by atoms with Crippen LogP contribution in [0.3, 0.4) is 0 Å². The van der Waals surface area contributed by atoms with Crippen LogP contribution in [0.2, 0.25) is 0 Å². The first-order valence-electron chi connectivity index (χ1n) is 6.01. The van der Waals surface area contributed by atoms with Crippen molar-refractivity contribution in [3.05, 3.63) is 20.8 Å². The quantitative estimate of drug-likeness (QED) is 0.778. The Morgan fingerprint density at radius 3 is 2.56 bits per heavy atom. The van der Waals surface area contributed by atoms with Gasteiger partial charge in [-0.2, -0.15) is 0 Å². The molecule has 0 aliphatic heterocycles. The van der Waals surface area contributed by atoms with Crippen molar-refractivity contribution in [2.75, 3.05) is 6.61 Å². The van der Waals surface area contributed by atoms with E-state index in [1.807, 2.05) is 0 Å². The number of thiophene rings is 1. The summed E-state index contributed by atoms with van der Waals surface area (Å²) in [7, 11) is 0. The SMILES string of the molecule is CCCCC(CC)(CO)Cc1ccc(Br)s1. The molecule has 1 atom stereocenters. The molecule has 1 N–H and O–H groups in total. The van der Waals surface area contributed by atoms with Crippen LogP contribution in [0.15, 0.2) is 15.9 Å². The van der Waals surface area contributed by atoms with Crippen LogP contribution in [0, 0.1) is 5.41 Å². The first-order valence-corrected chi connectivity index (χ1v) is 7.62. The van der Waals surface area contributed by atoms with Crippen molar-refractivity contribution in [1.29, 1.82) is 0 Å². The molecular formula is C13H21BrOS. The van der Waals surface area contributed by atoms with E-state index in [-0.39, 0.29) is 5.41 Å². The number of halogens is 1. The summed E-state index contributed by atoms with van der Waals surface area (Å²) in [5, 5.41) is 9.66. The van der Waals surface area contributed by atoms with Gasteiger partial charge in [-0.1, -0.05) is 26.7 Å². The minimum atomic E-state index is 0.0975. The summed E-state index contributed by atoms with van der Waals surface area (Å²) in [4.78, 5) is 1.37. The number of unbranched alkanes of at least 4 members (excludes halogenated alkanes) is 1. The monoisotopic (exact) mass is 304 g/mol. The fourth-order valence-electron chi connectivity index (χ4n) is 2.01. The topological polar surface area (TPSA) is 20.2 Å². The van der Waals surface area contributed by atoms with E-state index in [2.05, 4.69) is 41.9 Å². The van der Waals surface area contributed by atoms with Gasteiger partial charge in [-0.15, -0.1) is 11.3 Å². The second-order valence-electron chi connectivity index (χ2n) is 4.50. The van der Waals surface area contributed by atoms with Gasteiger partial charge in [-0.05, 0) is 52.7 Å². The highest BCUT2D eigenvalue weighted by Crippen LogP contribution is 2.35. The molecule has 1 aromatic rings. The van der Waals surface area contributed by atoms with Crippen LogP contribution >= 0.6 is 27.3 Å². The zero-order chi connectivity index (χ0) is 12.0. The van der Waals surface area contributed by atoms with Crippen LogP contribution < -0.4 is 0 Å². The maximum atomic E-state index is 9.66. The van der Waals surface area contributed by atoms with Crippen molar-refractivity contribution >= 4 is 27.3 Å². The summed E-state index contributed by atoms with van der Waals surface area (Å²) < 4.78 is 1.18. The summed E-state index contributed by atoms with van der Waals surface area (Å²) in [6.45, 7) is 4.70. The third-order valence-corrected chi connectivity index (χ3v) is 4.95. The molecule has 1 aromatic heterocycles. The molecule has 0 saturated heterocycles. The third-order valence-electron chi connectivity index (χ3n) is 3.32. The van der Waals surface area contributed by atoms with Crippen LogP contribution in [0.25, 0.3) is 0 Å². The van der Waals surface area contributed by atoms with Gasteiger partial charge in [-0.3, -0.25) is 0 Å². The average molecular weight is 305 g/mol. The Bertz CT molecular complexity index is 305. The second-order valence-corrected chi connectivity index (χ2v) is 7.05. The zero-order valence-corrected chi connectivity index (χ0v) is 12.5. The van der Waals surface area contributed by atoms with E-state index in [0.29, 0.717) is 6.61 Å². The molecule has 1 rings (SSSR count). The number of hydrogen-bond acceptors (Lipinski definition) is 2. The van der Waals surface area contributed by atoms with Crippen LogP contribution in [-0.4, -0.2) is 11.7 Å². The lowest BCUT2D eigenvalue weighted by Crippen LogP contribution is -2.27. The molecule has 0 bridgehead atoms. The molecule has 0 saturated carbocycles. The lowest BCUT2D eigenvalue weighted by atomic mass is 9.77. The Balaban J connectivity index is 2.69. The maximum absolute atomic E-state index is 9.66. The molecule has 3 heteroatoms. The van der Waals surface area contributed by atoms with Crippen molar-refractivity contribution in [1.82, 2.24) is 0 Å². The van der Waals surface area contributed by atoms with Crippen LogP contribution in [0.4, 0.5) is 0 Å². The maximum Gasteiger partial charge on any atom is 0.0701 e. The molecule has 0 fully saturated rings. The lowest BCUT2D eigenvalue weighted by molar-refractivity contribution is 0.108. The normalized spacial score (nSPS) is 15.0. The van der Waals surface area contributed by atoms with Gasteiger partial charge in [0.25, 0.3) is 0 Å². The first kappa shape index (κ1) is 14.2. The van der Waals surface area contributed by atoms with Crippen molar-refractivity contribution < 1.29 is 5.11 Å². The summed E-state index contributed by atoms with van der Waals surface area (Å²) in [6.07, 6.45) is 5.61. The number of aliphatic hydroxyl groups excluding tert-OH is 1.